The van der Waals surface area contributed by atoms with E-state index in [9.17, 15) is 9.18 Å². The van der Waals surface area contributed by atoms with Gasteiger partial charge < -0.3 is 14.7 Å². The molecule has 0 N–H and O–H groups in total. The number of aromatic nitrogens is 2. The summed E-state index contributed by atoms with van der Waals surface area (Å²) < 4.78 is 13.2. The molecule has 3 rings (SSSR count). The molecule has 1 saturated heterocycles. The van der Waals surface area contributed by atoms with E-state index in [0.717, 1.165) is 38.3 Å². The molecule has 1 aromatic heterocycles. The van der Waals surface area contributed by atoms with Crippen LogP contribution in [-0.2, 0) is 0 Å². The van der Waals surface area contributed by atoms with Gasteiger partial charge in [0.1, 0.15) is 17.2 Å². The summed E-state index contributed by atoms with van der Waals surface area (Å²) in [7, 11) is 0. The molecule has 1 amide bonds. The fraction of sp³-hybridized carbons (Fsp3) is 0.476. The molecule has 28 heavy (non-hydrogen) atoms. The first kappa shape index (κ1) is 20.2. The molecule has 1 fully saturated rings. The van der Waals surface area contributed by atoms with E-state index in [2.05, 4.69) is 21.7 Å². The largest absolute Gasteiger partial charge is 0.356 e. The molecule has 0 unspecified atom stereocenters. The van der Waals surface area contributed by atoms with Crippen molar-refractivity contribution in [1.82, 2.24) is 19.8 Å². The summed E-state index contributed by atoms with van der Waals surface area (Å²) in [6.07, 6.45) is 1.62. The van der Waals surface area contributed by atoms with E-state index in [0.29, 0.717) is 30.3 Å². The van der Waals surface area contributed by atoms with Crippen LogP contribution in [0.4, 0.5) is 10.2 Å². The van der Waals surface area contributed by atoms with Gasteiger partial charge in [0.15, 0.2) is 5.82 Å². The van der Waals surface area contributed by atoms with Crippen LogP contribution in [0.15, 0.2) is 30.5 Å². The third-order valence-electron chi connectivity index (χ3n) is 5.27. The van der Waals surface area contributed by atoms with Gasteiger partial charge in [0, 0.05) is 51.0 Å². The maximum atomic E-state index is 13.2. The zero-order valence-electron chi connectivity index (χ0n) is 16.9. The average molecular weight is 385 g/mol. The summed E-state index contributed by atoms with van der Waals surface area (Å²) in [5.74, 6) is 0.811. The second-order valence-electron chi connectivity index (χ2n) is 6.84. The number of rotatable bonds is 6. The molecular formula is C21H28FN5O. The first-order valence-corrected chi connectivity index (χ1v) is 9.96. The van der Waals surface area contributed by atoms with Crippen molar-refractivity contribution >= 4 is 11.7 Å². The highest BCUT2D eigenvalue weighted by atomic mass is 19.1. The van der Waals surface area contributed by atoms with E-state index in [1.165, 1.54) is 12.1 Å². The Morgan fingerprint density at radius 3 is 2.29 bits per heavy atom. The van der Waals surface area contributed by atoms with E-state index in [4.69, 9.17) is 4.98 Å². The summed E-state index contributed by atoms with van der Waals surface area (Å²) in [6, 6.07) is 6.09. The molecule has 0 aliphatic carbocycles. The van der Waals surface area contributed by atoms with Crippen LogP contribution in [0.2, 0.25) is 0 Å². The monoisotopic (exact) mass is 385 g/mol. The molecule has 0 atom stereocenters. The van der Waals surface area contributed by atoms with Gasteiger partial charge in [-0.25, -0.2) is 14.4 Å². The Morgan fingerprint density at radius 1 is 1.07 bits per heavy atom. The third kappa shape index (κ3) is 4.30. The Kier molecular flexibility index (Phi) is 6.57. The second-order valence-corrected chi connectivity index (χ2v) is 6.84. The Balaban J connectivity index is 1.93. The van der Waals surface area contributed by atoms with Crippen molar-refractivity contribution in [3.8, 4) is 11.4 Å². The average Bonchev–Trinajstić information content (AvgIpc) is 2.75. The SMILES string of the molecule is CCN1CCN(C(=O)c2cnc(-c3ccc(F)cc3)nc2N(CC)CC)CC1. The van der Waals surface area contributed by atoms with Crippen LogP contribution in [0.5, 0.6) is 0 Å². The molecule has 0 radical (unpaired) electrons. The maximum Gasteiger partial charge on any atom is 0.259 e. The van der Waals surface area contributed by atoms with Crippen LogP contribution < -0.4 is 4.90 Å². The number of likely N-dealkylation sites (N-methyl/N-ethyl adjacent to an activating group) is 1. The number of carbonyl (C=O) groups is 1. The lowest BCUT2D eigenvalue weighted by molar-refractivity contribution is 0.0643. The van der Waals surface area contributed by atoms with Crippen LogP contribution in [0, 0.1) is 5.82 Å². The zero-order valence-corrected chi connectivity index (χ0v) is 16.9. The third-order valence-corrected chi connectivity index (χ3v) is 5.27. The van der Waals surface area contributed by atoms with Crippen LogP contribution >= 0.6 is 0 Å². The quantitative estimate of drug-likeness (QED) is 0.765. The number of halogens is 1. The number of hydrogen-bond acceptors (Lipinski definition) is 5. The van der Waals surface area contributed by atoms with E-state index in [-0.39, 0.29) is 11.7 Å². The second kappa shape index (κ2) is 9.10. The topological polar surface area (TPSA) is 52.6 Å². The normalized spacial score (nSPS) is 14.9. The molecule has 1 aliphatic rings. The number of anilines is 1. The van der Waals surface area contributed by atoms with Gasteiger partial charge in [-0.1, -0.05) is 6.92 Å². The first-order valence-electron chi connectivity index (χ1n) is 9.96. The minimum Gasteiger partial charge on any atom is -0.356 e. The highest BCUT2D eigenvalue weighted by Crippen LogP contribution is 2.24. The fourth-order valence-electron chi connectivity index (χ4n) is 3.46. The molecule has 1 aromatic carbocycles. The smallest absolute Gasteiger partial charge is 0.259 e. The lowest BCUT2D eigenvalue weighted by atomic mass is 10.1. The first-order chi connectivity index (χ1) is 13.6. The fourth-order valence-corrected chi connectivity index (χ4v) is 3.46. The summed E-state index contributed by atoms with van der Waals surface area (Å²) in [6.45, 7) is 11.9. The van der Waals surface area contributed by atoms with Gasteiger partial charge in [0.2, 0.25) is 0 Å². The van der Waals surface area contributed by atoms with Crippen molar-refractivity contribution in [3.63, 3.8) is 0 Å². The maximum absolute atomic E-state index is 13.2. The lowest BCUT2D eigenvalue weighted by Crippen LogP contribution is -2.48. The van der Waals surface area contributed by atoms with E-state index in [1.54, 1.807) is 18.3 Å². The number of carbonyl (C=O) groups excluding carboxylic acids is 1. The molecule has 6 nitrogen and oxygen atoms in total. The zero-order chi connectivity index (χ0) is 20.1. The Morgan fingerprint density at radius 2 is 1.71 bits per heavy atom. The molecule has 0 spiro atoms. The molecule has 2 heterocycles. The summed E-state index contributed by atoms with van der Waals surface area (Å²) in [4.78, 5) is 28.6. The Hall–Kier alpha value is -2.54. The highest BCUT2D eigenvalue weighted by Gasteiger charge is 2.26. The summed E-state index contributed by atoms with van der Waals surface area (Å²) in [5.41, 5.74) is 1.25. The van der Waals surface area contributed by atoms with Crippen LogP contribution in [0.1, 0.15) is 31.1 Å². The van der Waals surface area contributed by atoms with E-state index in [1.807, 2.05) is 18.7 Å². The molecular weight excluding hydrogens is 357 g/mol. The molecule has 1 aliphatic heterocycles. The van der Waals surface area contributed by atoms with Gasteiger partial charge >= 0.3 is 0 Å². The Labute approximate surface area is 166 Å². The van der Waals surface area contributed by atoms with Gasteiger partial charge in [-0.3, -0.25) is 4.79 Å². The van der Waals surface area contributed by atoms with Gasteiger partial charge in [0.25, 0.3) is 5.91 Å². The van der Waals surface area contributed by atoms with Gasteiger partial charge in [-0.15, -0.1) is 0 Å². The van der Waals surface area contributed by atoms with Crippen LogP contribution in [-0.4, -0.2) is 71.5 Å². The predicted molar refractivity (Wildman–Crippen MR) is 109 cm³/mol. The minimum absolute atomic E-state index is 0.0247. The van der Waals surface area contributed by atoms with Gasteiger partial charge in [0.05, 0.1) is 0 Å². The molecule has 150 valence electrons. The lowest BCUT2D eigenvalue weighted by Gasteiger charge is -2.34. The van der Waals surface area contributed by atoms with Crippen molar-refractivity contribution in [3.05, 3.63) is 41.8 Å². The predicted octanol–water partition coefficient (Wildman–Crippen LogP) is 2.91. The molecule has 0 saturated carbocycles. The summed E-state index contributed by atoms with van der Waals surface area (Å²) >= 11 is 0. The number of piperazine rings is 1. The molecule has 0 bridgehead atoms. The van der Waals surface area contributed by atoms with Gasteiger partial charge in [-0.2, -0.15) is 0 Å². The number of amides is 1. The van der Waals surface area contributed by atoms with Gasteiger partial charge in [-0.05, 0) is 44.7 Å². The highest BCUT2D eigenvalue weighted by molar-refractivity contribution is 5.99. The molecule has 2 aromatic rings. The number of benzene rings is 1. The minimum atomic E-state index is -0.300. The van der Waals surface area contributed by atoms with Crippen LogP contribution in [0.25, 0.3) is 11.4 Å². The van der Waals surface area contributed by atoms with E-state index < -0.39 is 0 Å². The number of hydrogen-bond donors (Lipinski definition) is 0. The van der Waals surface area contributed by atoms with Crippen molar-refractivity contribution in [2.75, 3.05) is 50.7 Å². The summed E-state index contributed by atoms with van der Waals surface area (Å²) in [5, 5.41) is 0. The van der Waals surface area contributed by atoms with Crippen molar-refractivity contribution < 1.29 is 9.18 Å². The van der Waals surface area contributed by atoms with E-state index >= 15 is 0 Å². The number of nitrogens with zero attached hydrogens (tertiary/aromatic N) is 5. The Bertz CT molecular complexity index is 799. The molecule has 7 heteroatoms. The van der Waals surface area contributed by atoms with Crippen molar-refractivity contribution in [2.24, 2.45) is 0 Å². The standard InChI is InChI=1S/C21H28FN5O/c1-4-25-11-13-27(14-12-25)21(28)18-15-23-19(16-7-9-17(22)10-8-16)24-20(18)26(5-2)6-3/h7-10,15H,4-6,11-14H2,1-3H3. The van der Waals surface area contributed by atoms with Crippen LogP contribution in [0.3, 0.4) is 0 Å². The van der Waals surface area contributed by atoms with Crippen molar-refractivity contribution in [2.45, 2.75) is 20.8 Å². The van der Waals surface area contributed by atoms with Crippen molar-refractivity contribution in [1.29, 1.82) is 0 Å².